The summed E-state index contributed by atoms with van der Waals surface area (Å²) in [7, 11) is 1.48. The summed E-state index contributed by atoms with van der Waals surface area (Å²) >= 11 is 2.04. The van der Waals surface area contributed by atoms with Gasteiger partial charge in [0.05, 0.1) is 13.7 Å². The number of methoxy groups -OCH3 is 1. The van der Waals surface area contributed by atoms with Crippen LogP contribution in [-0.4, -0.2) is 47.5 Å². The number of aromatic nitrogens is 2. The molecule has 0 aromatic carbocycles. The molecular weight excluding hydrogens is 328 g/mol. The van der Waals surface area contributed by atoms with Crippen molar-refractivity contribution in [3.8, 4) is 6.01 Å². The van der Waals surface area contributed by atoms with Gasteiger partial charge in [0, 0.05) is 12.6 Å². The van der Waals surface area contributed by atoms with E-state index >= 15 is 0 Å². The summed E-state index contributed by atoms with van der Waals surface area (Å²) in [4.78, 5) is 9.83. The third-order valence-corrected chi connectivity index (χ3v) is 2.94. The van der Waals surface area contributed by atoms with Gasteiger partial charge < -0.3 is 14.7 Å². The highest BCUT2D eigenvalue weighted by Crippen LogP contribution is 2.23. The van der Waals surface area contributed by atoms with Gasteiger partial charge in [-0.1, -0.05) is 0 Å². The minimum absolute atomic E-state index is 0.150. The van der Waals surface area contributed by atoms with Crippen LogP contribution in [0.25, 0.3) is 0 Å². The second-order valence-corrected chi connectivity index (χ2v) is 4.63. The molecule has 0 bridgehead atoms. The highest BCUT2D eigenvalue weighted by Gasteiger charge is 2.32. The lowest BCUT2D eigenvalue weighted by atomic mass is 10.3. The summed E-state index contributed by atoms with van der Waals surface area (Å²) in [5.41, 5.74) is 0. The van der Waals surface area contributed by atoms with Gasteiger partial charge in [0.1, 0.15) is 21.8 Å². The van der Waals surface area contributed by atoms with Gasteiger partial charge in [-0.2, -0.15) is 9.97 Å². The largest absolute Gasteiger partial charge is 0.467 e. The van der Waals surface area contributed by atoms with Gasteiger partial charge in [0.2, 0.25) is 0 Å². The molecule has 2 rings (SSSR count). The van der Waals surface area contributed by atoms with Gasteiger partial charge in [-0.3, -0.25) is 0 Å². The zero-order valence-electron chi connectivity index (χ0n) is 8.60. The Morgan fingerprint density at radius 1 is 1.56 bits per heavy atom. The molecule has 2 heterocycles. The Labute approximate surface area is 106 Å². The van der Waals surface area contributed by atoms with Crippen LogP contribution in [0.15, 0.2) is 6.07 Å². The monoisotopic (exact) mass is 339 g/mol. The molecule has 0 unspecified atom stereocenters. The summed E-state index contributed by atoms with van der Waals surface area (Å²) in [5, 5.41) is 9.33. The first-order valence-electron chi connectivity index (χ1n) is 4.76. The van der Waals surface area contributed by atoms with Gasteiger partial charge in [-0.15, -0.1) is 0 Å². The Morgan fingerprint density at radius 3 is 2.88 bits per heavy atom. The summed E-state index contributed by atoms with van der Waals surface area (Å²) in [6, 6.07) is 1.98. The van der Waals surface area contributed by atoms with E-state index in [2.05, 4.69) is 9.97 Å². The third-order valence-electron chi connectivity index (χ3n) is 2.39. The first-order valence-corrected chi connectivity index (χ1v) is 5.83. The summed E-state index contributed by atoms with van der Waals surface area (Å²) in [6.07, 6.45) is -2.17. The molecule has 1 aliphatic rings. The molecule has 1 N–H and O–H groups in total. The van der Waals surface area contributed by atoms with E-state index in [1.807, 2.05) is 22.6 Å². The average molecular weight is 339 g/mol. The Kier molecular flexibility index (Phi) is 3.43. The highest BCUT2D eigenvalue weighted by atomic mass is 127. The SMILES string of the molecule is COc1nc(I)cc(N2C[C@@H](O)[C@H](F)C2)n1. The normalized spacial score (nSPS) is 24.9. The second kappa shape index (κ2) is 4.66. The summed E-state index contributed by atoms with van der Waals surface area (Å²) in [6.45, 7) is 0.398. The van der Waals surface area contributed by atoms with Crippen molar-refractivity contribution in [1.82, 2.24) is 9.97 Å². The van der Waals surface area contributed by atoms with Crippen molar-refractivity contribution in [1.29, 1.82) is 0 Å². The third kappa shape index (κ3) is 2.34. The maximum absolute atomic E-state index is 13.2. The van der Waals surface area contributed by atoms with Crippen molar-refractivity contribution in [2.24, 2.45) is 0 Å². The zero-order valence-corrected chi connectivity index (χ0v) is 10.8. The number of hydrogen-bond donors (Lipinski definition) is 1. The van der Waals surface area contributed by atoms with E-state index in [-0.39, 0.29) is 19.1 Å². The van der Waals surface area contributed by atoms with Crippen LogP contribution in [0.4, 0.5) is 10.2 Å². The van der Waals surface area contributed by atoms with E-state index < -0.39 is 12.3 Å². The Balaban J connectivity index is 2.24. The molecule has 0 saturated carbocycles. The van der Waals surface area contributed by atoms with Crippen LogP contribution in [0.3, 0.4) is 0 Å². The Morgan fingerprint density at radius 2 is 2.31 bits per heavy atom. The molecular formula is C9H11FIN3O2. The molecule has 1 aliphatic heterocycles. The molecule has 0 aliphatic carbocycles. The molecule has 88 valence electrons. The van der Waals surface area contributed by atoms with E-state index in [1.165, 1.54) is 7.11 Å². The van der Waals surface area contributed by atoms with Crippen molar-refractivity contribution in [3.05, 3.63) is 9.77 Å². The number of ether oxygens (including phenoxy) is 1. The fourth-order valence-electron chi connectivity index (χ4n) is 1.57. The van der Waals surface area contributed by atoms with E-state index in [4.69, 9.17) is 4.74 Å². The maximum Gasteiger partial charge on any atom is 0.319 e. The zero-order chi connectivity index (χ0) is 11.7. The van der Waals surface area contributed by atoms with E-state index in [0.717, 1.165) is 3.70 Å². The van der Waals surface area contributed by atoms with Crippen LogP contribution in [0.5, 0.6) is 6.01 Å². The Bertz CT molecular complexity index is 383. The minimum atomic E-state index is -1.22. The van der Waals surface area contributed by atoms with E-state index in [0.29, 0.717) is 5.82 Å². The van der Waals surface area contributed by atoms with Crippen LogP contribution < -0.4 is 9.64 Å². The molecule has 2 atom stereocenters. The molecule has 7 heteroatoms. The van der Waals surface area contributed by atoms with Gasteiger partial charge in [0.15, 0.2) is 0 Å². The van der Waals surface area contributed by atoms with Crippen LogP contribution in [-0.2, 0) is 0 Å². The van der Waals surface area contributed by atoms with E-state index in [1.54, 1.807) is 11.0 Å². The number of hydrogen-bond acceptors (Lipinski definition) is 5. The van der Waals surface area contributed by atoms with Crippen LogP contribution in [0.1, 0.15) is 0 Å². The number of rotatable bonds is 2. The van der Waals surface area contributed by atoms with Crippen molar-refractivity contribution < 1.29 is 14.2 Å². The molecule has 0 spiro atoms. The van der Waals surface area contributed by atoms with Crippen molar-refractivity contribution in [2.75, 3.05) is 25.1 Å². The quantitative estimate of drug-likeness (QED) is 0.632. The molecule has 16 heavy (non-hydrogen) atoms. The summed E-state index contributed by atoms with van der Waals surface area (Å²) in [5.74, 6) is 0.579. The average Bonchev–Trinajstić information content (AvgIpc) is 2.58. The first-order chi connectivity index (χ1) is 7.60. The number of halogens is 2. The fourth-order valence-corrected chi connectivity index (χ4v) is 2.06. The lowest BCUT2D eigenvalue weighted by molar-refractivity contribution is 0.118. The number of aliphatic hydroxyl groups excluding tert-OH is 1. The fraction of sp³-hybridized carbons (Fsp3) is 0.556. The molecule has 1 fully saturated rings. The lowest BCUT2D eigenvalue weighted by Crippen LogP contribution is -2.22. The van der Waals surface area contributed by atoms with Gasteiger partial charge in [-0.25, -0.2) is 4.39 Å². The minimum Gasteiger partial charge on any atom is -0.467 e. The number of nitrogens with zero attached hydrogens (tertiary/aromatic N) is 3. The Hall–Kier alpha value is -0.700. The molecule has 0 amide bonds. The number of alkyl halides is 1. The van der Waals surface area contributed by atoms with Crippen LogP contribution >= 0.6 is 22.6 Å². The molecule has 0 radical (unpaired) electrons. The number of aliphatic hydroxyl groups is 1. The second-order valence-electron chi connectivity index (χ2n) is 3.52. The van der Waals surface area contributed by atoms with Gasteiger partial charge in [0.25, 0.3) is 0 Å². The van der Waals surface area contributed by atoms with Crippen molar-refractivity contribution in [2.45, 2.75) is 12.3 Å². The summed E-state index contributed by atoms with van der Waals surface area (Å²) < 4.78 is 18.8. The lowest BCUT2D eigenvalue weighted by Gasteiger charge is -2.16. The molecule has 1 aromatic heterocycles. The topological polar surface area (TPSA) is 58.5 Å². The maximum atomic E-state index is 13.2. The van der Waals surface area contributed by atoms with Crippen molar-refractivity contribution >= 4 is 28.4 Å². The number of anilines is 1. The molecule has 1 saturated heterocycles. The smallest absolute Gasteiger partial charge is 0.319 e. The molecule has 5 nitrogen and oxygen atoms in total. The van der Waals surface area contributed by atoms with Gasteiger partial charge in [-0.05, 0) is 22.6 Å². The van der Waals surface area contributed by atoms with E-state index in [9.17, 15) is 9.50 Å². The highest BCUT2D eigenvalue weighted by molar-refractivity contribution is 14.1. The first kappa shape index (κ1) is 11.8. The number of β-amino-alcohol motifs (C(OH)–C–C–N with tert-alkyl or cyclic N) is 1. The standard InChI is InChI=1S/C9H11FIN3O2/c1-16-9-12-7(11)2-8(13-9)14-3-5(10)6(15)4-14/h2,5-6,15H,3-4H2,1H3/t5-,6-/m1/s1. The van der Waals surface area contributed by atoms with Gasteiger partial charge >= 0.3 is 6.01 Å². The van der Waals surface area contributed by atoms with Crippen molar-refractivity contribution in [3.63, 3.8) is 0 Å². The molecule has 1 aromatic rings. The van der Waals surface area contributed by atoms with Crippen LogP contribution in [0.2, 0.25) is 0 Å². The predicted octanol–water partition coefficient (Wildman–Crippen LogP) is 0.609. The predicted molar refractivity (Wildman–Crippen MR) is 64.4 cm³/mol. The van der Waals surface area contributed by atoms with Crippen LogP contribution in [0, 0.1) is 3.70 Å².